The Kier molecular flexibility index (Phi) is 5.78. The summed E-state index contributed by atoms with van der Waals surface area (Å²) in [6, 6.07) is 4.23. The molecular formula is C16H18ClN3O5S2. The zero-order valence-electron chi connectivity index (χ0n) is 14.6. The Morgan fingerprint density at radius 3 is 2.63 bits per heavy atom. The van der Waals surface area contributed by atoms with Gasteiger partial charge >= 0.3 is 6.03 Å². The molecule has 0 unspecified atom stereocenters. The van der Waals surface area contributed by atoms with Gasteiger partial charge in [0.2, 0.25) is 0 Å². The number of anilines is 1. The van der Waals surface area contributed by atoms with Crippen LogP contribution in [-0.4, -0.2) is 56.6 Å². The maximum Gasteiger partial charge on any atom is 0.321 e. The van der Waals surface area contributed by atoms with Crippen LogP contribution in [0.4, 0.5) is 9.93 Å². The number of hydrogen-bond donors (Lipinski definition) is 2. The average molecular weight is 432 g/mol. The molecule has 1 aromatic carbocycles. The van der Waals surface area contributed by atoms with Gasteiger partial charge in [0.1, 0.15) is 0 Å². The lowest BCUT2D eigenvalue weighted by Crippen LogP contribution is -2.42. The van der Waals surface area contributed by atoms with Crippen molar-refractivity contribution in [3.63, 3.8) is 0 Å². The van der Waals surface area contributed by atoms with Crippen molar-refractivity contribution in [1.82, 2.24) is 10.3 Å². The summed E-state index contributed by atoms with van der Waals surface area (Å²) in [5.41, 5.74) is 1.47. The summed E-state index contributed by atoms with van der Waals surface area (Å²) in [7, 11) is -0.111. The summed E-state index contributed by atoms with van der Waals surface area (Å²) in [6.07, 6.45) is 0. The Hall–Kier alpha value is -2.04. The van der Waals surface area contributed by atoms with E-state index in [1.807, 2.05) is 6.07 Å². The van der Waals surface area contributed by atoms with Crippen LogP contribution in [0.25, 0.3) is 11.3 Å². The van der Waals surface area contributed by atoms with Gasteiger partial charge in [-0.15, -0.1) is 22.9 Å². The predicted molar refractivity (Wildman–Crippen MR) is 105 cm³/mol. The molecule has 0 spiro atoms. The number of hydrogen-bond acceptors (Lipinski definition) is 7. The molecule has 1 saturated heterocycles. The Balaban J connectivity index is 1.67. The van der Waals surface area contributed by atoms with Gasteiger partial charge in [-0.2, -0.15) is 0 Å². The highest BCUT2D eigenvalue weighted by molar-refractivity contribution is 7.91. The molecule has 146 valence electrons. The normalized spacial score (nSPS) is 20.9. The minimum Gasteiger partial charge on any atom is -0.493 e. The first kappa shape index (κ1) is 19.7. The highest BCUT2D eigenvalue weighted by atomic mass is 35.5. The van der Waals surface area contributed by atoms with E-state index >= 15 is 0 Å². The number of nitrogens with one attached hydrogen (secondary N) is 2. The number of carbonyl (C=O) groups is 1. The zero-order valence-corrected chi connectivity index (χ0v) is 17.0. The smallest absolute Gasteiger partial charge is 0.321 e. The van der Waals surface area contributed by atoms with Crippen LogP contribution in [0.2, 0.25) is 0 Å². The molecule has 1 aliphatic heterocycles. The molecular weight excluding hydrogens is 414 g/mol. The highest BCUT2D eigenvalue weighted by Gasteiger charge is 2.37. The van der Waals surface area contributed by atoms with E-state index in [1.165, 1.54) is 11.3 Å². The van der Waals surface area contributed by atoms with Gasteiger partial charge in [-0.3, -0.25) is 5.32 Å². The monoisotopic (exact) mass is 431 g/mol. The Labute approximate surface area is 165 Å². The first-order chi connectivity index (χ1) is 12.8. The number of methoxy groups -OCH3 is 2. The number of carbonyl (C=O) groups excluding carboxylic acids is 1. The summed E-state index contributed by atoms with van der Waals surface area (Å²) in [5.74, 6) is 0.881. The minimum absolute atomic E-state index is 0.139. The van der Waals surface area contributed by atoms with Gasteiger partial charge < -0.3 is 14.8 Å². The molecule has 3 rings (SSSR count). The van der Waals surface area contributed by atoms with E-state index in [-0.39, 0.29) is 11.5 Å². The van der Waals surface area contributed by atoms with Gasteiger partial charge in [-0.1, -0.05) is 0 Å². The lowest BCUT2D eigenvalue weighted by molar-refractivity contribution is 0.249. The first-order valence-electron chi connectivity index (χ1n) is 7.91. The number of thiazole rings is 1. The molecule has 2 heterocycles. The molecule has 8 nitrogen and oxygen atoms in total. The van der Waals surface area contributed by atoms with Gasteiger partial charge in [-0.25, -0.2) is 18.2 Å². The van der Waals surface area contributed by atoms with Crippen LogP contribution in [0, 0.1) is 0 Å². The van der Waals surface area contributed by atoms with Crippen molar-refractivity contribution in [2.75, 3.05) is 31.0 Å². The van der Waals surface area contributed by atoms with Crippen molar-refractivity contribution >= 4 is 43.9 Å². The Morgan fingerprint density at radius 1 is 1.26 bits per heavy atom. The molecule has 2 N–H and O–H groups in total. The SMILES string of the molecule is COc1ccc(-c2csc(NC(=O)N[C@@H]3CS(=O)(=O)C[C@H]3Cl)n2)cc1OC. The third-order valence-electron chi connectivity index (χ3n) is 4.00. The van der Waals surface area contributed by atoms with Crippen molar-refractivity contribution in [1.29, 1.82) is 0 Å². The van der Waals surface area contributed by atoms with Crippen LogP contribution in [-0.2, 0) is 9.84 Å². The molecule has 11 heteroatoms. The summed E-state index contributed by atoms with van der Waals surface area (Å²) >= 11 is 7.24. The fraction of sp³-hybridized carbons (Fsp3) is 0.375. The molecule has 1 aromatic heterocycles. The van der Waals surface area contributed by atoms with Crippen molar-refractivity contribution in [3.8, 4) is 22.8 Å². The molecule has 0 saturated carbocycles. The van der Waals surface area contributed by atoms with E-state index in [4.69, 9.17) is 21.1 Å². The predicted octanol–water partition coefficient (Wildman–Crippen LogP) is 2.35. The third-order valence-corrected chi connectivity index (χ3v) is 7.14. The fourth-order valence-electron chi connectivity index (χ4n) is 2.70. The van der Waals surface area contributed by atoms with Crippen LogP contribution in [0.15, 0.2) is 23.6 Å². The van der Waals surface area contributed by atoms with Crippen LogP contribution < -0.4 is 20.1 Å². The first-order valence-corrected chi connectivity index (χ1v) is 11.0. The quantitative estimate of drug-likeness (QED) is 0.704. The topological polar surface area (TPSA) is 107 Å². The van der Waals surface area contributed by atoms with Crippen LogP contribution in [0.1, 0.15) is 0 Å². The molecule has 0 aliphatic carbocycles. The third kappa shape index (κ3) is 4.63. The zero-order chi connectivity index (χ0) is 19.6. The van der Waals surface area contributed by atoms with Gasteiger partial charge in [0.25, 0.3) is 0 Å². The van der Waals surface area contributed by atoms with Crippen LogP contribution in [0.5, 0.6) is 11.5 Å². The number of ether oxygens (including phenoxy) is 2. The van der Waals surface area contributed by atoms with Crippen molar-refractivity contribution in [3.05, 3.63) is 23.6 Å². The molecule has 0 radical (unpaired) electrons. The van der Waals surface area contributed by atoms with Crippen molar-refractivity contribution in [2.24, 2.45) is 0 Å². The number of aromatic nitrogens is 1. The van der Waals surface area contributed by atoms with Crippen LogP contribution >= 0.6 is 22.9 Å². The van der Waals surface area contributed by atoms with E-state index in [0.717, 1.165) is 5.56 Å². The summed E-state index contributed by atoms with van der Waals surface area (Å²) in [6.45, 7) is 0. The molecule has 2 amide bonds. The second-order valence-corrected chi connectivity index (χ2v) is 9.48. The van der Waals surface area contributed by atoms with Crippen LogP contribution in [0.3, 0.4) is 0 Å². The number of benzene rings is 1. The average Bonchev–Trinajstić information content (AvgIpc) is 3.17. The number of sulfone groups is 1. The van der Waals surface area contributed by atoms with E-state index in [9.17, 15) is 13.2 Å². The van der Waals surface area contributed by atoms with Gasteiger partial charge in [0.15, 0.2) is 26.5 Å². The second-order valence-electron chi connectivity index (χ2n) is 5.91. The van der Waals surface area contributed by atoms with Gasteiger partial charge in [0, 0.05) is 10.9 Å². The van der Waals surface area contributed by atoms with E-state index < -0.39 is 27.3 Å². The summed E-state index contributed by atoms with van der Waals surface area (Å²) in [5, 5.41) is 6.72. The number of halogens is 1. The number of alkyl halides is 1. The fourth-order valence-corrected chi connectivity index (χ4v) is 5.96. The maximum absolute atomic E-state index is 12.1. The number of rotatable bonds is 5. The molecule has 1 fully saturated rings. The number of nitrogens with zero attached hydrogens (tertiary/aromatic N) is 1. The van der Waals surface area contributed by atoms with Gasteiger partial charge in [-0.05, 0) is 18.2 Å². The maximum atomic E-state index is 12.1. The van der Waals surface area contributed by atoms with E-state index in [2.05, 4.69) is 15.6 Å². The minimum atomic E-state index is -3.22. The van der Waals surface area contributed by atoms with Crippen molar-refractivity contribution < 1.29 is 22.7 Å². The molecule has 2 aromatic rings. The molecule has 2 atom stereocenters. The molecule has 0 bridgehead atoms. The second kappa shape index (κ2) is 7.91. The Morgan fingerprint density at radius 2 is 2.00 bits per heavy atom. The molecule has 1 aliphatic rings. The molecule has 27 heavy (non-hydrogen) atoms. The summed E-state index contributed by atoms with van der Waals surface area (Å²) in [4.78, 5) is 16.5. The Bertz CT molecular complexity index is 947. The summed E-state index contributed by atoms with van der Waals surface area (Å²) < 4.78 is 33.6. The van der Waals surface area contributed by atoms with E-state index in [1.54, 1.807) is 31.7 Å². The largest absolute Gasteiger partial charge is 0.493 e. The lowest BCUT2D eigenvalue weighted by Gasteiger charge is -2.14. The number of urea groups is 1. The van der Waals surface area contributed by atoms with Gasteiger partial charge in [0.05, 0.1) is 42.8 Å². The van der Waals surface area contributed by atoms with E-state index in [0.29, 0.717) is 22.3 Å². The standard InChI is InChI=1S/C16H18ClN3O5S2/c1-24-13-4-3-9(5-14(13)25-2)11-6-26-16(19-11)20-15(21)18-12-8-27(22,23)7-10(12)17/h3-6,10,12H,7-8H2,1-2H3,(H2,18,19,20,21)/t10-,12-/m1/s1. The van der Waals surface area contributed by atoms with Crippen molar-refractivity contribution in [2.45, 2.75) is 11.4 Å². The number of amides is 2. The highest BCUT2D eigenvalue weighted by Crippen LogP contribution is 2.33. The lowest BCUT2D eigenvalue weighted by atomic mass is 10.1.